The number of nitrogens with zero attached hydrogens (tertiary/aromatic N) is 7. The van der Waals surface area contributed by atoms with Gasteiger partial charge in [0.25, 0.3) is 5.91 Å². The molecule has 9 heteroatoms. The van der Waals surface area contributed by atoms with Gasteiger partial charge in [0.05, 0.1) is 11.6 Å². The van der Waals surface area contributed by atoms with Crippen LogP contribution in [0.3, 0.4) is 0 Å². The summed E-state index contributed by atoms with van der Waals surface area (Å²) in [4.78, 5) is 12.3. The van der Waals surface area contributed by atoms with E-state index in [1.54, 1.807) is 24.7 Å². The predicted molar refractivity (Wildman–Crippen MR) is 77.0 cm³/mol. The highest BCUT2D eigenvalue weighted by atomic mass is 16.1. The number of carbonyl (C=O) groups is 1. The topological polar surface area (TPSA) is 103 Å². The van der Waals surface area contributed by atoms with Gasteiger partial charge >= 0.3 is 0 Å². The van der Waals surface area contributed by atoms with Gasteiger partial charge in [-0.25, -0.2) is 0 Å². The van der Waals surface area contributed by atoms with E-state index in [0.29, 0.717) is 11.2 Å². The lowest BCUT2D eigenvalue weighted by Crippen LogP contribution is -2.29. The van der Waals surface area contributed by atoms with Crippen molar-refractivity contribution in [1.29, 1.82) is 0 Å². The van der Waals surface area contributed by atoms with E-state index in [1.165, 1.54) is 4.52 Å². The van der Waals surface area contributed by atoms with E-state index in [0.717, 1.165) is 18.8 Å². The molecule has 1 amide bonds. The molecular formula is C13H16N8O. The van der Waals surface area contributed by atoms with Crippen molar-refractivity contribution in [3.05, 3.63) is 36.0 Å². The predicted octanol–water partition coefficient (Wildman–Crippen LogP) is 0.617. The molecule has 22 heavy (non-hydrogen) atoms. The highest BCUT2D eigenvalue weighted by Gasteiger charge is 2.17. The zero-order valence-corrected chi connectivity index (χ0v) is 12.3. The van der Waals surface area contributed by atoms with Crippen molar-refractivity contribution in [2.45, 2.75) is 32.9 Å². The Morgan fingerprint density at radius 3 is 3.05 bits per heavy atom. The third-order valence-corrected chi connectivity index (χ3v) is 3.30. The van der Waals surface area contributed by atoms with E-state index in [9.17, 15) is 4.79 Å². The van der Waals surface area contributed by atoms with Crippen molar-refractivity contribution in [1.82, 2.24) is 40.1 Å². The number of nitrogens with one attached hydrogen (secondary N) is 1. The first-order valence-electron chi connectivity index (χ1n) is 7.05. The van der Waals surface area contributed by atoms with Crippen LogP contribution in [0.1, 0.15) is 42.5 Å². The summed E-state index contributed by atoms with van der Waals surface area (Å²) >= 11 is 0. The van der Waals surface area contributed by atoms with Gasteiger partial charge in [0.1, 0.15) is 6.33 Å². The van der Waals surface area contributed by atoms with Crippen LogP contribution in [0.15, 0.2) is 24.7 Å². The summed E-state index contributed by atoms with van der Waals surface area (Å²) in [6.07, 6.45) is 4.24. The maximum atomic E-state index is 12.3. The molecule has 0 radical (unpaired) electrons. The summed E-state index contributed by atoms with van der Waals surface area (Å²) in [6.45, 7) is 4.77. The molecule has 0 spiro atoms. The van der Waals surface area contributed by atoms with Crippen molar-refractivity contribution < 1.29 is 4.79 Å². The highest BCUT2D eigenvalue weighted by Crippen LogP contribution is 2.11. The fourth-order valence-electron chi connectivity index (χ4n) is 2.23. The fraction of sp³-hybridized carbons (Fsp3) is 0.385. The van der Waals surface area contributed by atoms with Crippen LogP contribution in [0, 0.1) is 0 Å². The lowest BCUT2D eigenvalue weighted by atomic mass is 10.2. The third kappa shape index (κ3) is 2.65. The van der Waals surface area contributed by atoms with Gasteiger partial charge in [-0.2, -0.15) is 4.52 Å². The van der Waals surface area contributed by atoms with E-state index in [2.05, 4.69) is 38.0 Å². The highest BCUT2D eigenvalue weighted by molar-refractivity contribution is 5.94. The van der Waals surface area contributed by atoms with Gasteiger partial charge in [-0.1, -0.05) is 6.92 Å². The second-order valence-corrected chi connectivity index (χ2v) is 4.98. The summed E-state index contributed by atoms with van der Waals surface area (Å²) in [5, 5.41) is 22.0. The minimum Gasteiger partial charge on any atom is -0.342 e. The van der Waals surface area contributed by atoms with Gasteiger partial charge in [0.15, 0.2) is 11.5 Å². The van der Waals surface area contributed by atoms with Gasteiger partial charge in [-0.05, 0) is 35.9 Å². The molecule has 0 saturated carbocycles. The first-order chi connectivity index (χ1) is 10.7. The molecule has 0 aliphatic rings. The lowest BCUT2D eigenvalue weighted by molar-refractivity contribution is 0.0937. The van der Waals surface area contributed by atoms with Gasteiger partial charge in [0.2, 0.25) is 0 Å². The Morgan fingerprint density at radius 2 is 2.23 bits per heavy atom. The Hall–Kier alpha value is -2.84. The summed E-state index contributed by atoms with van der Waals surface area (Å²) in [7, 11) is 0. The van der Waals surface area contributed by atoms with Gasteiger partial charge in [0, 0.05) is 12.7 Å². The standard InChI is InChI=1S/C13H16N8O/c1-3-6-20-8-14-17-12(20)9(2)15-13(22)10-4-5-11-16-18-19-21(11)7-10/h4-5,7-9H,3,6H2,1-2H3,(H,15,22)/t9-/m0/s1. The summed E-state index contributed by atoms with van der Waals surface area (Å²) in [5.41, 5.74) is 1.07. The van der Waals surface area contributed by atoms with Crippen molar-refractivity contribution in [2.24, 2.45) is 0 Å². The summed E-state index contributed by atoms with van der Waals surface area (Å²) in [6, 6.07) is 3.13. The molecule has 0 aliphatic heterocycles. The number of fused-ring (bicyclic) bond motifs is 1. The number of hydrogen-bond donors (Lipinski definition) is 1. The van der Waals surface area contributed by atoms with Crippen LogP contribution in [0.4, 0.5) is 0 Å². The molecule has 1 atom stereocenters. The van der Waals surface area contributed by atoms with Crippen LogP contribution in [0.5, 0.6) is 0 Å². The average Bonchev–Trinajstić information content (AvgIpc) is 3.15. The molecule has 9 nitrogen and oxygen atoms in total. The van der Waals surface area contributed by atoms with Crippen molar-refractivity contribution in [3.8, 4) is 0 Å². The third-order valence-electron chi connectivity index (χ3n) is 3.30. The number of hydrogen-bond acceptors (Lipinski definition) is 6. The first kappa shape index (κ1) is 14.1. The second kappa shape index (κ2) is 5.88. The molecule has 114 valence electrons. The van der Waals surface area contributed by atoms with E-state index >= 15 is 0 Å². The number of aryl methyl sites for hydroxylation is 1. The molecule has 3 heterocycles. The number of aromatic nitrogens is 7. The molecule has 3 aromatic rings. The van der Waals surface area contributed by atoms with Gasteiger partial charge in [-0.3, -0.25) is 4.79 Å². The van der Waals surface area contributed by atoms with Crippen molar-refractivity contribution in [2.75, 3.05) is 0 Å². The van der Waals surface area contributed by atoms with Gasteiger partial charge in [-0.15, -0.1) is 15.3 Å². The van der Waals surface area contributed by atoms with Crippen LogP contribution in [-0.4, -0.2) is 40.7 Å². The molecule has 0 saturated heterocycles. The minimum atomic E-state index is -0.244. The second-order valence-electron chi connectivity index (χ2n) is 4.98. The summed E-state index contributed by atoms with van der Waals surface area (Å²) in [5.74, 6) is 0.523. The number of carbonyl (C=O) groups excluding carboxylic acids is 1. The Balaban J connectivity index is 1.76. The van der Waals surface area contributed by atoms with Crippen LogP contribution in [0.25, 0.3) is 5.65 Å². The molecule has 0 unspecified atom stereocenters. The molecule has 0 fully saturated rings. The Kier molecular flexibility index (Phi) is 3.77. The Labute approximate surface area is 126 Å². The monoisotopic (exact) mass is 300 g/mol. The zero-order chi connectivity index (χ0) is 15.5. The van der Waals surface area contributed by atoms with Gasteiger partial charge < -0.3 is 9.88 Å². The Morgan fingerprint density at radius 1 is 1.36 bits per heavy atom. The average molecular weight is 300 g/mol. The number of rotatable bonds is 5. The number of amides is 1. The van der Waals surface area contributed by atoms with Crippen molar-refractivity contribution >= 4 is 11.6 Å². The molecule has 3 aromatic heterocycles. The quantitative estimate of drug-likeness (QED) is 0.741. The number of tetrazole rings is 1. The minimum absolute atomic E-state index is 0.212. The molecule has 0 aliphatic carbocycles. The molecule has 0 aromatic carbocycles. The van der Waals surface area contributed by atoms with E-state index < -0.39 is 0 Å². The van der Waals surface area contributed by atoms with Crippen molar-refractivity contribution in [3.63, 3.8) is 0 Å². The smallest absolute Gasteiger partial charge is 0.253 e. The van der Waals surface area contributed by atoms with Crippen LogP contribution in [0.2, 0.25) is 0 Å². The van der Waals surface area contributed by atoms with Crippen LogP contribution < -0.4 is 5.32 Å². The van der Waals surface area contributed by atoms with Crippen LogP contribution >= 0.6 is 0 Å². The maximum Gasteiger partial charge on any atom is 0.253 e. The molecule has 1 N–H and O–H groups in total. The normalized spacial score (nSPS) is 12.5. The van der Waals surface area contributed by atoms with Crippen LogP contribution in [-0.2, 0) is 6.54 Å². The Bertz CT molecular complexity index is 792. The lowest BCUT2D eigenvalue weighted by Gasteiger charge is -2.14. The van der Waals surface area contributed by atoms with E-state index in [4.69, 9.17) is 0 Å². The number of pyridine rings is 1. The molecular weight excluding hydrogens is 284 g/mol. The van der Waals surface area contributed by atoms with E-state index in [-0.39, 0.29) is 11.9 Å². The summed E-state index contributed by atoms with van der Waals surface area (Å²) < 4.78 is 3.40. The molecule has 3 rings (SSSR count). The molecule has 0 bridgehead atoms. The largest absolute Gasteiger partial charge is 0.342 e. The zero-order valence-electron chi connectivity index (χ0n) is 12.3. The fourth-order valence-corrected chi connectivity index (χ4v) is 2.23. The maximum absolute atomic E-state index is 12.3. The SMILES string of the molecule is CCCn1cnnc1[C@H](C)NC(=O)c1ccc2nnnn2c1. The first-order valence-corrected chi connectivity index (χ1v) is 7.05. The van der Waals surface area contributed by atoms with E-state index in [1.807, 2.05) is 11.5 Å².